The van der Waals surface area contributed by atoms with Gasteiger partial charge in [-0.2, -0.15) is 35.1 Å². The van der Waals surface area contributed by atoms with Gasteiger partial charge in [-0.05, 0) is 93.7 Å². The Morgan fingerprint density at radius 3 is 1.80 bits per heavy atom. The molecule has 1 unspecified atom stereocenters. The van der Waals surface area contributed by atoms with Gasteiger partial charge in [0, 0.05) is 36.6 Å². The zero-order chi connectivity index (χ0) is 31.1. The fourth-order valence-electron chi connectivity index (χ4n) is 3.58. The van der Waals surface area contributed by atoms with Crippen molar-refractivity contribution in [3.05, 3.63) is 90.3 Å². The van der Waals surface area contributed by atoms with Gasteiger partial charge in [0.05, 0.1) is 5.69 Å². The van der Waals surface area contributed by atoms with Gasteiger partial charge in [0.15, 0.2) is 0 Å². The van der Waals surface area contributed by atoms with E-state index < -0.39 is 54.3 Å². The third-order valence-electron chi connectivity index (χ3n) is 5.73. The predicted octanol–water partition coefficient (Wildman–Crippen LogP) is 8.49. The van der Waals surface area contributed by atoms with Crippen LogP contribution in [-0.2, 0) is 5.67 Å². The molecule has 3 rings (SSSR count). The van der Waals surface area contributed by atoms with Crippen molar-refractivity contribution in [2.75, 3.05) is 17.3 Å². The molecule has 0 aliphatic rings. The van der Waals surface area contributed by atoms with Gasteiger partial charge in [0.2, 0.25) is 0 Å². The zero-order valence-corrected chi connectivity index (χ0v) is 24.4. The summed E-state index contributed by atoms with van der Waals surface area (Å²) in [4.78, 5) is 26.7. The average Bonchev–Trinajstić information content (AvgIpc) is 2.87. The molecule has 0 heterocycles. The quantitative estimate of drug-likeness (QED) is 0.201. The number of nitrogens with zero attached hydrogens (tertiary/aromatic N) is 1. The van der Waals surface area contributed by atoms with Crippen molar-refractivity contribution in [3.63, 3.8) is 0 Å². The van der Waals surface area contributed by atoms with Gasteiger partial charge in [-0.3, -0.25) is 9.59 Å². The Kier molecular flexibility index (Phi) is 9.27. The topological polar surface area (TPSA) is 49.4 Å². The molecule has 3 aromatic rings. The summed E-state index contributed by atoms with van der Waals surface area (Å²) in [6.07, 6.45) is -13.5. The van der Waals surface area contributed by atoms with E-state index in [0.717, 1.165) is 17.0 Å². The lowest BCUT2D eigenvalue weighted by Gasteiger charge is -2.36. The van der Waals surface area contributed by atoms with Gasteiger partial charge >= 0.3 is 23.9 Å². The number of amides is 2. The van der Waals surface area contributed by atoms with Gasteiger partial charge in [-0.25, -0.2) is 8.78 Å². The number of benzene rings is 3. The van der Waals surface area contributed by atoms with Crippen LogP contribution in [0.4, 0.5) is 55.3 Å². The number of hydrogen-bond acceptors (Lipinski definition) is 2. The standard InChI is InChI=1S/C25H14F10I2N2O2/c1-39(21(41)13-5-2-6-15(26)8-13)16-7-3-4-12(9-16)20(40)38-19-17(36)10-14(11-18(19)37)22(27,24(30,31)32)23(28,29)25(33,34)35/h2-11H,1H3,(H,38,40). The number of nitrogens with one attached hydrogen (secondary N) is 1. The highest BCUT2D eigenvalue weighted by atomic mass is 127. The van der Waals surface area contributed by atoms with Crippen LogP contribution in [-0.4, -0.2) is 37.1 Å². The second-order valence-electron chi connectivity index (χ2n) is 8.42. The van der Waals surface area contributed by atoms with Crippen LogP contribution in [0.5, 0.6) is 0 Å². The summed E-state index contributed by atoms with van der Waals surface area (Å²) in [7, 11) is 1.34. The number of anilines is 2. The van der Waals surface area contributed by atoms with Crippen LogP contribution in [0.2, 0.25) is 0 Å². The molecule has 2 amide bonds. The fraction of sp³-hybridized carbons (Fsp3) is 0.200. The SMILES string of the molecule is CN(C(=O)c1cccc(F)c1)c1cccc(C(=O)Nc2c(I)cc(C(F)(C(F)(F)F)C(F)(F)C(F)(F)F)cc2I)c1. The van der Waals surface area contributed by atoms with Gasteiger partial charge in [0.25, 0.3) is 11.8 Å². The molecule has 0 aliphatic carbocycles. The summed E-state index contributed by atoms with van der Waals surface area (Å²) in [5.41, 5.74) is -8.36. The Hall–Kier alpha value is -2.64. The number of alkyl halides is 9. The van der Waals surface area contributed by atoms with E-state index in [-0.39, 0.29) is 34.6 Å². The van der Waals surface area contributed by atoms with Crippen LogP contribution in [0.15, 0.2) is 60.7 Å². The van der Waals surface area contributed by atoms with E-state index in [9.17, 15) is 53.5 Å². The monoisotopic (exact) mass is 818 g/mol. The predicted molar refractivity (Wildman–Crippen MR) is 145 cm³/mol. The number of carbonyl (C=O) groups is 2. The largest absolute Gasteiger partial charge is 0.457 e. The minimum Gasteiger partial charge on any atom is -0.320 e. The first kappa shape index (κ1) is 32.9. The highest BCUT2D eigenvalue weighted by Gasteiger charge is 2.81. The maximum absolute atomic E-state index is 14.9. The van der Waals surface area contributed by atoms with Crippen molar-refractivity contribution in [3.8, 4) is 0 Å². The molecule has 0 aromatic heterocycles. The maximum Gasteiger partial charge on any atom is 0.457 e. The molecule has 0 spiro atoms. The average molecular weight is 818 g/mol. The van der Waals surface area contributed by atoms with E-state index in [4.69, 9.17) is 0 Å². The fourth-order valence-corrected chi connectivity index (χ4v) is 5.62. The van der Waals surface area contributed by atoms with E-state index in [1.165, 1.54) is 88.6 Å². The van der Waals surface area contributed by atoms with Crippen molar-refractivity contribution in [2.24, 2.45) is 0 Å². The Balaban J connectivity index is 1.95. The molecule has 1 N–H and O–H groups in total. The van der Waals surface area contributed by atoms with Crippen LogP contribution in [0, 0.1) is 13.0 Å². The van der Waals surface area contributed by atoms with Crippen molar-refractivity contribution in [1.29, 1.82) is 0 Å². The summed E-state index contributed by atoms with van der Waals surface area (Å²) in [6, 6.07) is 10.4. The smallest absolute Gasteiger partial charge is 0.320 e. The molecule has 0 fully saturated rings. The summed E-state index contributed by atoms with van der Waals surface area (Å²) in [5, 5.41) is 2.30. The highest BCUT2D eigenvalue weighted by molar-refractivity contribution is 14.1. The first-order valence-corrected chi connectivity index (χ1v) is 13.0. The highest BCUT2D eigenvalue weighted by Crippen LogP contribution is 2.58. The van der Waals surface area contributed by atoms with Crippen LogP contribution in [0.3, 0.4) is 0 Å². The lowest BCUT2D eigenvalue weighted by atomic mass is 9.87. The Bertz CT molecular complexity index is 1470. The van der Waals surface area contributed by atoms with Crippen LogP contribution >= 0.6 is 45.2 Å². The molecular weight excluding hydrogens is 804 g/mol. The van der Waals surface area contributed by atoms with E-state index >= 15 is 0 Å². The Labute approximate surface area is 252 Å². The van der Waals surface area contributed by atoms with Crippen molar-refractivity contribution in [2.45, 2.75) is 23.9 Å². The first-order chi connectivity index (χ1) is 18.7. The molecule has 0 saturated carbocycles. The molecule has 41 heavy (non-hydrogen) atoms. The molecule has 0 bridgehead atoms. The number of halogens is 12. The van der Waals surface area contributed by atoms with Crippen LogP contribution < -0.4 is 10.2 Å². The van der Waals surface area contributed by atoms with Gasteiger partial charge in [0.1, 0.15) is 5.82 Å². The minimum atomic E-state index is -6.88. The summed E-state index contributed by atoms with van der Waals surface area (Å²) in [5.74, 6) is -9.04. The first-order valence-electron chi connectivity index (χ1n) is 10.9. The molecule has 220 valence electrons. The van der Waals surface area contributed by atoms with Gasteiger partial charge in [-0.1, -0.05) is 12.1 Å². The Morgan fingerprint density at radius 2 is 1.29 bits per heavy atom. The molecule has 0 saturated heterocycles. The normalized spacial score (nSPS) is 13.9. The maximum atomic E-state index is 14.9. The van der Waals surface area contributed by atoms with Crippen molar-refractivity contribution >= 4 is 68.4 Å². The van der Waals surface area contributed by atoms with E-state index in [1.807, 2.05) is 0 Å². The number of rotatable bonds is 6. The molecular formula is C25H14F10I2N2O2. The molecule has 4 nitrogen and oxygen atoms in total. The molecule has 16 heteroatoms. The van der Waals surface area contributed by atoms with Crippen LogP contribution in [0.25, 0.3) is 0 Å². The van der Waals surface area contributed by atoms with E-state index in [2.05, 4.69) is 5.32 Å². The lowest BCUT2D eigenvalue weighted by molar-refractivity contribution is -0.389. The van der Waals surface area contributed by atoms with Crippen LogP contribution in [0.1, 0.15) is 26.3 Å². The van der Waals surface area contributed by atoms with E-state index in [0.29, 0.717) is 0 Å². The minimum absolute atomic E-state index is 0.00504. The van der Waals surface area contributed by atoms with Crippen molar-refractivity contribution < 1.29 is 53.5 Å². The van der Waals surface area contributed by atoms with Crippen molar-refractivity contribution in [1.82, 2.24) is 0 Å². The summed E-state index contributed by atoms with van der Waals surface area (Å²) in [6.45, 7) is 0. The third kappa shape index (κ3) is 6.26. The Morgan fingerprint density at radius 1 is 0.756 bits per heavy atom. The molecule has 3 aromatic carbocycles. The molecule has 0 radical (unpaired) electrons. The zero-order valence-electron chi connectivity index (χ0n) is 20.1. The van der Waals surface area contributed by atoms with Gasteiger partial charge < -0.3 is 10.2 Å². The van der Waals surface area contributed by atoms with Gasteiger partial charge in [-0.15, -0.1) is 0 Å². The number of hydrogen-bond donors (Lipinski definition) is 1. The second-order valence-corrected chi connectivity index (χ2v) is 10.7. The molecule has 0 aliphatic heterocycles. The number of carbonyl (C=O) groups excluding carboxylic acids is 2. The molecule has 1 atom stereocenters. The van der Waals surface area contributed by atoms with E-state index in [1.54, 1.807) is 0 Å². The third-order valence-corrected chi connectivity index (χ3v) is 7.43. The second kappa shape index (κ2) is 11.6. The summed E-state index contributed by atoms with van der Waals surface area (Å²) >= 11 is 2.51. The lowest BCUT2D eigenvalue weighted by Crippen LogP contribution is -2.59. The summed E-state index contributed by atoms with van der Waals surface area (Å²) < 4.78 is 134.